The number of para-hydroxylation sites is 2. The van der Waals surface area contributed by atoms with E-state index in [1.165, 1.54) is 108 Å². The largest absolute Gasteiger partial charge is 0.311 e. The smallest absolute Gasteiger partial charge is 0.254 e. The number of fused-ring (bicyclic) bond motifs is 10. The van der Waals surface area contributed by atoms with E-state index in [0.717, 1.165) is 23.5 Å². The minimum absolute atomic E-state index is 0.00545. The molecule has 368 valence electrons. The third kappa shape index (κ3) is 7.03. The molecule has 73 heavy (non-hydrogen) atoms. The van der Waals surface area contributed by atoms with Gasteiger partial charge in [0, 0.05) is 44.5 Å². The van der Waals surface area contributed by atoms with E-state index in [1.807, 2.05) is 11.3 Å². The van der Waals surface area contributed by atoms with Gasteiger partial charge in [-0.05, 0) is 193 Å². The van der Waals surface area contributed by atoms with Crippen LogP contribution in [0.4, 0.5) is 50.5 Å². The highest BCUT2D eigenvalue weighted by Gasteiger charge is 2.52. The molecule has 0 bridgehead atoms. The highest BCUT2D eigenvalue weighted by molar-refractivity contribution is 7.26. The van der Waals surface area contributed by atoms with Crippen LogP contribution in [0.1, 0.15) is 154 Å². The molecule has 3 aliphatic carbocycles. The zero-order chi connectivity index (χ0) is 50.7. The molecule has 7 aromatic carbocycles. The molecule has 5 heteroatoms. The third-order valence-electron chi connectivity index (χ3n) is 18.8. The molecule has 0 amide bonds. The van der Waals surface area contributed by atoms with Crippen molar-refractivity contribution in [1.82, 2.24) is 0 Å². The summed E-state index contributed by atoms with van der Waals surface area (Å²) in [5.74, 6) is 1.25. The van der Waals surface area contributed by atoms with Crippen molar-refractivity contribution in [2.45, 2.75) is 148 Å². The van der Waals surface area contributed by atoms with Crippen LogP contribution in [0.3, 0.4) is 0 Å². The molecular formula is C68H72BN3S. The van der Waals surface area contributed by atoms with Crippen molar-refractivity contribution in [3.05, 3.63) is 179 Å². The molecule has 5 aliphatic rings. The summed E-state index contributed by atoms with van der Waals surface area (Å²) >= 11 is 2.03. The Kier molecular flexibility index (Phi) is 10.2. The van der Waals surface area contributed by atoms with Gasteiger partial charge in [0.1, 0.15) is 0 Å². The van der Waals surface area contributed by atoms with Crippen LogP contribution in [0.15, 0.2) is 146 Å². The predicted molar refractivity (Wildman–Crippen MR) is 316 cm³/mol. The van der Waals surface area contributed by atoms with E-state index in [-0.39, 0.29) is 33.8 Å². The van der Waals surface area contributed by atoms with Crippen molar-refractivity contribution >= 4 is 95.0 Å². The molecule has 1 aromatic heterocycles. The second-order valence-corrected chi connectivity index (χ2v) is 27.3. The maximum absolute atomic E-state index is 2.72. The SMILES string of the molecule is CC1c2cc3c4c(sc3cc2C2(C)CCCC12)N(c1ccc(C(C)(C)C)cc1)c1cc(N(c2ccccc2)c2ccccc2)cc2c1B4c1cc3c(cc1N2c1ccc(C(C)(C)C)cc1)C(C)(C)CCC3(C)C. The van der Waals surface area contributed by atoms with E-state index in [4.69, 9.17) is 0 Å². The highest BCUT2D eigenvalue weighted by Crippen LogP contribution is 2.61. The number of nitrogens with zero attached hydrogens (tertiary/aromatic N) is 3. The molecular weight excluding hydrogens is 902 g/mol. The van der Waals surface area contributed by atoms with Gasteiger partial charge in [-0.25, -0.2) is 0 Å². The van der Waals surface area contributed by atoms with Gasteiger partial charge >= 0.3 is 0 Å². The van der Waals surface area contributed by atoms with Crippen molar-refractivity contribution in [3.8, 4) is 0 Å². The van der Waals surface area contributed by atoms with Crippen LogP contribution in [-0.2, 0) is 27.1 Å². The summed E-state index contributed by atoms with van der Waals surface area (Å²) in [5, 5.41) is 2.79. The average Bonchev–Trinajstić information content (AvgIpc) is 4.02. The molecule has 0 radical (unpaired) electrons. The molecule has 0 saturated heterocycles. The van der Waals surface area contributed by atoms with E-state index in [1.54, 1.807) is 11.1 Å². The Morgan fingerprint density at radius 1 is 0.548 bits per heavy atom. The summed E-state index contributed by atoms with van der Waals surface area (Å²) in [6, 6.07) is 57.1. The molecule has 0 spiro atoms. The lowest BCUT2D eigenvalue weighted by molar-refractivity contribution is 0.332. The maximum Gasteiger partial charge on any atom is 0.254 e. The van der Waals surface area contributed by atoms with Crippen LogP contribution in [0.5, 0.6) is 0 Å². The Hall–Kier alpha value is -6.04. The standard InChI is InChI=1S/C68H72BN3S/c1-42-50-38-51-60(41-53(50)68(12)33-19-24-52(42)68)73-63-61(51)69-56-39-54-55(67(10,11)35-34-66(54,8)9)40-57(56)71(47-29-25-43(26-30-47)64(2,3)4)58-36-49(70(45-20-15-13-16-21-45)46-22-17-14-18-23-46)37-59(62(58)69)72(63)48-31-27-44(28-32-48)65(5,6)7/h13-18,20-23,25-32,36-42,52H,19,24,33-35H2,1-12H3. The van der Waals surface area contributed by atoms with Gasteiger partial charge in [0.15, 0.2) is 0 Å². The third-order valence-corrected chi connectivity index (χ3v) is 20.0. The number of anilines is 9. The summed E-state index contributed by atoms with van der Waals surface area (Å²) in [5.41, 5.74) is 23.1. The lowest BCUT2D eigenvalue weighted by Gasteiger charge is -2.47. The number of rotatable bonds is 5. The van der Waals surface area contributed by atoms with Crippen LogP contribution in [0, 0.1) is 5.92 Å². The average molecular weight is 974 g/mol. The van der Waals surface area contributed by atoms with E-state index in [9.17, 15) is 0 Å². The fourth-order valence-corrected chi connectivity index (χ4v) is 15.8. The molecule has 13 rings (SSSR count). The molecule has 1 saturated carbocycles. The van der Waals surface area contributed by atoms with E-state index < -0.39 is 0 Å². The first-order valence-corrected chi connectivity index (χ1v) is 28.2. The minimum Gasteiger partial charge on any atom is -0.311 e. The van der Waals surface area contributed by atoms with Crippen molar-refractivity contribution in [2.24, 2.45) is 5.92 Å². The summed E-state index contributed by atoms with van der Waals surface area (Å²) in [6.07, 6.45) is 6.28. The zero-order valence-electron chi connectivity index (χ0n) is 45.4. The van der Waals surface area contributed by atoms with Crippen molar-refractivity contribution in [1.29, 1.82) is 0 Å². The zero-order valence-corrected chi connectivity index (χ0v) is 46.2. The van der Waals surface area contributed by atoms with Gasteiger partial charge in [0.25, 0.3) is 6.71 Å². The Morgan fingerprint density at radius 3 is 1.64 bits per heavy atom. The Morgan fingerprint density at radius 2 is 1.08 bits per heavy atom. The van der Waals surface area contributed by atoms with Crippen LogP contribution >= 0.6 is 11.3 Å². The van der Waals surface area contributed by atoms with Crippen molar-refractivity contribution < 1.29 is 0 Å². The van der Waals surface area contributed by atoms with Gasteiger partial charge in [-0.1, -0.05) is 162 Å². The van der Waals surface area contributed by atoms with E-state index >= 15 is 0 Å². The summed E-state index contributed by atoms with van der Waals surface area (Å²) in [7, 11) is 0. The first kappa shape index (κ1) is 46.7. The highest BCUT2D eigenvalue weighted by atomic mass is 32.1. The first-order valence-electron chi connectivity index (χ1n) is 27.4. The van der Waals surface area contributed by atoms with Gasteiger partial charge < -0.3 is 14.7 Å². The predicted octanol–water partition coefficient (Wildman–Crippen LogP) is 17.6. The Labute approximate surface area is 440 Å². The van der Waals surface area contributed by atoms with Crippen LogP contribution in [0.25, 0.3) is 10.1 Å². The summed E-state index contributed by atoms with van der Waals surface area (Å²) < 4.78 is 1.42. The maximum atomic E-state index is 2.72. The molecule has 0 N–H and O–H groups in total. The topological polar surface area (TPSA) is 9.72 Å². The summed E-state index contributed by atoms with van der Waals surface area (Å²) in [6.45, 7) is 29.1. The normalized spacial score (nSPS) is 21.1. The van der Waals surface area contributed by atoms with Gasteiger partial charge in [-0.2, -0.15) is 0 Å². The fourth-order valence-electron chi connectivity index (χ4n) is 14.5. The molecule has 2 aliphatic heterocycles. The molecule has 8 aromatic rings. The van der Waals surface area contributed by atoms with Gasteiger partial charge in [-0.15, -0.1) is 11.3 Å². The van der Waals surface area contributed by atoms with Gasteiger partial charge in [0.05, 0.1) is 10.7 Å². The lowest BCUT2D eigenvalue weighted by Crippen LogP contribution is -2.61. The Balaban J connectivity index is 1.18. The minimum atomic E-state index is 0.00545. The molecule has 3 heterocycles. The van der Waals surface area contributed by atoms with Crippen LogP contribution < -0.4 is 31.1 Å². The van der Waals surface area contributed by atoms with Crippen molar-refractivity contribution in [3.63, 3.8) is 0 Å². The van der Waals surface area contributed by atoms with Crippen molar-refractivity contribution in [2.75, 3.05) is 14.7 Å². The van der Waals surface area contributed by atoms with Gasteiger partial charge in [0.2, 0.25) is 0 Å². The quantitative estimate of drug-likeness (QED) is 0.159. The second-order valence-electron chi connectivity index (χ2n) is 26.3. The molecule has 3 nitrogen and oxygen atoms in total. The van der Waals surface area contributed by atoms with E-state index in [2.05, 4.69) is 243 Å². The van der Waals surface area contributed by atoms with E-state index in [0.29, 0.717) is 11.8 Å². The number of benzene rings is 7. The first-order chi connectivity index (χ1) is 34.7. The number of hydrogen-bond donors (Lipinski definition) is 0. The van der Waals surface area contributed by atoms with Gasteiger partial charge in [-0.3, -0.25) is 0 Å². The molecule has 1 fully saturated rings. The lowest BCUT2D eigenvalue weighted by atomic mass is 9.33. The molecule has 3 unspecified atom stereocenters. The summed E-state index contributed by atoms with van der Waals surface area (Å²) in [4.78, 5) is 7.84. The number of thiophene rings is 1. The second kappa shape index (κ2) is 16.0. The fraction of sp³-hybridized carbons (Fsp3) is 0.353. The van der Waals surface area contributed by atoms with Crippen LogP contribution in [0.2, 0.25) is 0 Å². The van der Waals surface area contributed by atoms with Crippen LogP contribution in [-0.4, -0.2) is 6.71 Å². The Bertz CT molecular complexity index is 3460. The monoisotopic (exact) mass is 974 g/mol. The molecule has 3 atom stereocenters. The number of hydrogen-bond acceptors (Lipinski definition) is 4.